The Balaban J connectivity index is 2.44. The number of aromatic nitrogens is 2. The molecule has 1 aromatic heterocycles. The van der Waals surface area contributed by atoms with Crippen LogP contribution in [0.25, 0.3) is 5.69 Å². The van der Waals surface area contributed by atoms with E-state index < -0.39 is 0 Å². The Hall–Kier alpha value is -1.57. The molecule has 2 nitrogen and oxygen atoms in total. The van der Waals surface area contributed by atoms with Gasteiger partial charge in [-0.1, -0.05) is 39.0 Å². The van der Waals surface area contributed by atoms with Crippen LogP contribution in [0.15, 0.2) is 36.5 Å². The lowest BCUT2D eigenvalue weighted by molar-refractivity contribution is 0.560. The number of rotatable bonds is 1. The lowest BCUT2D eigenvalue weighted by atomic mass is 9.93. The summed E-state index contributed by atoms with van der Waals surface area (Å²) in [5, 5.41) is 4.63. The Bertz CT molecular complexity index is 489. The first kappa shape index (κ1) is 10.9. The highest BCUT2D eigenvalue weighted by Gasteiger charge is 2.17. The normalized spacial score (nSPS) is 11.8. The van der Waals surface area contributed by atoms with Crippen molar-refractivity contribution in [3.63, 3.8) is 0 Å². The molecule has 0 N–H and O–H groups in total. The van der Waals surface area contributed by atoms with E-state index in [0.717, 1.165) is 11.4 Å². The third kappa shape index (κ3) is 2.01. The molecule has 0 fully saturated rings. The van der Waals surface area contributed by atoms with Crippen LogP contribution in [0, 0.1) is 6.92 Å². The number of aryl methyl sites for hydroxylation is 1. The average molecular weight is 214 g/mol. The first-order valence-electron chi connectivity index (χ1n) is 5.60. The summed E-state index contributed by atoms with van der Waals surface area (Å²) in [5.74, 6) is 0. The maximum Gasteiger partial charge on any atom is 0.0682 e. The molecule has 2 aromatic rings. The van der Waals surface area contributed by atoms with Crippen LogP contribution in [0.1, 0.15) is 32.0 Å². The van der Waals surface area contributed by atoms with Crippen LogP contribution in [0.2, 0.25) is 0 Å². The van der Waals surface area contributed by atoms with Crippen molar-refractivity contribution in [1.29, 1.82) is 0 Å². The first-order chi connectivity index (χ1) is 7.48. The third-order valence-electron chi connectivity index (χ3n) is 2.72. The van der Waals surface area contributed by atoms with Gasteiger partial charge in [-0.05, 0) is 24.6 Å². The Morgan fingerprint density at radius 2 is 1.75 bits per heavy atom. The summed E-state index contributed by atoms with van der Waals surface area (Å²) in [4.78, 5) is 0. The highest BCUT2D eigenvalue weighted by atomic mass is 15.3. The van der Waals surface area contributed by atoms with Crippen LogP contribution in [-0.2, 0) is 5.41 Å². The second-order valence-corrected chi connectivity index (χ2v) is 5.18. The van der Waals surface area contributed by atoms with E-state index in [1.165, 1.54) is 5.56 Å². The minimum absolute atomic E-state index is 0.105. The Morgan fingerprint density at radius 3 is 2.31 bits per heavy atom. The fourth-order valence-corrected chi connectivity index (χ4v) is 1.68. The van der Waals surface area contributed by atoms with Crippen molar-refractivity contribution in [1.82, 2.24) is 9.78 Å². The molecule has 1 aromatic carbocycles. The second-order valence-electron chi connectivity index (χ2n) is 5.18. The Labute approximate surface area is 96.9 Å². The van der Waals surface area contributed by atoms with Crippen LogP contribution in [0.5, 0.6) is 0 Å². The number of nitrogens with zero attached hydrogens (tertiary/aromatic N) is 2. The van der Waals surface area contributed by atoms with Crippen molar-refractivity contribution >= 4 is 0 Å². The second kappa shape index (κ2) is 3.78. The van der Waals surface area contributed by atoms with Gasteiger partial charge < -0.3 is 0 Å². The summed E-state index contributed by atoms with van der Waals surface area (Å²) in [5.41, 5.74) is 3.62. The van der Waals surface area contributed by atoms with Crippen LogP contribution in [0.3, 0.4) is 0 Å². The first-order valence-corrected chi connectivity index (χ1v) is 5.60. The molecule has 0 radical (unpaired) electrons. The van der Waals surface area contributed by atoms with Crippen molar-refractivity contribution in [2.45, 2.75) is 33.1 Å². The molecule has 0 aliphatic carbocycles. The summed E-state index contributed by atoms with van der Waals surface area (Å²) in [6.07, 6.45) is 2.03. The molecule has 2 rings (SSSR count). The molecule has 0 unspecified atom stereocenters. The molecule has 2 heteroatoms. The molecule has 0 bridgehead atoms. The number of hydrogen-bond acceptors (Lipinski definition) is 1. The van der Waals surface area contributed by atoms with E-state index in [9.17, 15) is 0 Å². The van der Waals surface area contributed by atoms with Gasteiger partial charge >= 0.3 is 0 Å². The molecule has 0 aliphatic rings. The molecule has 0 amide bonds. The van der Waals surface area contributed by atoms with E-state index in [-0.39, 0.29) is 5.41 Å². The molecule has 16 heavy (non-hydrogen) atoms. The van der Waals surface area contributed by atoms with Gasteiger partial charge in [0.1, 0.15) is 0 Å². The van der Waals surface area contributed by atoms with E-state index in [1.807, 2.05) is 23.0 Å². The molecule has 1 heterocycles. The lowest BCUT2D eigenvalue weighted by Gasteiger charge is -2.14. The van der Waals surface area contributed by atoms with Gasteiger partial charge in [0.25, 0.3) is 0 Å². The van der Waals surface area contributed by atoms with Gasteiger partial charge in [-0.25, -0.2) is 4.68 Å². The SMILES string of the molecule is Cc1ccccc1-n1ccc(C(C)(C)C)n1. The molecular formula is C14H18N2. The van der Waals surface area contributed by atoms with Gasteiger partial charge in [-0.2, -0.15) is 5.10 Å². The minimum Gasteiger partial charge on any atom is -0.240 e. The fraction of sp³-hybridized carbons (Fsp3) is 0.357. The molecule has 0 saturated carbocycles. The summed E-state index contributed by atoms with van der Waals surface area (Å²) in [6, 6.07) is 10.4. The van der Waals surface area contributed by atoms with Crippen molar-refractivity contribution in [2.24, 2.45) is 0 Å². The Morgan fingerprint density at radius 1 is 1.06 bits per heavy atom. The van der Waals surface area contributed by atoms with Gasteiger partial charge in [-0.15, -0.1) is 0 Å². The standard InChI is InChI=1S/C14H18N2/c1-11-7-5-6-8-12(11)16-10-9-13(15-16)14(2,3)4/h5-10H,1-4H3. The van der Waals surface area contributed by atoms with Crippen molar-refractivity contribution < 1.29 is 0 Å². The van der Waals surface area contributed by atoms with Gasteiger partial charge in [0.15, 0.2) is 0 Å². The summed E-state index contributed by atoms with van der Waals surface area (Å²) < 4.78 is 1.95. The summed E-state index contributed by atoms with van der Waals surface area (Å²) >= 11 is 0. The number of hydrogen-bond donors (Lipinski definition) is 0. The quantitative estimate of drug-likeness (QED) is 0.710. The zero-order chi connectivity index (χ0) is 11.8. The van der Waals surface area contributed by atoms with E-state index in [1.54, 1.807) is 0 Å². The fourth-order valence-electron chi connectivity index (χ4n) is 1.68. The number of benzene rings is 1. The van der Waals surface area contributed by atoms with Crippen LogP contribution >= 0.6 is 0 Å². The predicted octanol–water partition coefficient (Wildman–Crippen LogP) is 3.48. The maximum atomic E-state index is 4.63. The molecule has 0 saturated heterocycles. The zero-order valence-corrected chi connectivity index (χ0v) is 10.4. The highest BCUT2D eigenvalue weighted by Crippen LogP contribution is 2.21. The predicted molar refractivity (Wildman–Crippen MR) is 67.0 cm³/mol. The van der Waals surface area contributed by atoms with Crippen LogP contribution in [0.4, 0.5) is 0 Å². The van der Waals surface area contributed by atoms with Crippen LogP contribution < -0.4 is 0 Å². The maximum absolute atomic E-state index is 4.63. The van der Waals surface area contributed by atoms with Crippen LogP contribution in [-0.4, -0.2) is 9.78 Å². The molecule has 0 atom stereocenters. The van der Waals surface area contributed by atoms with Gasteiger partial charge in [0.05, 0.1) is 11.4 Å². The van der Waals surface area contributed by atoms with E-state index in [2.05, 4.69) is 51.0 Å². The van der Waals surface area contributed by atoms with E-state index >= 15 is 0 Å². The molecule has 0 spiro atoms. The highest BCUT2D eigenvalue weighted by molar-refractivity contribution is 5.39. The third-order valence-corrected chi connectivity index (χ3v) is 2.72. The van der Waals surface area contributed by atoms with Gasteiger partial charge in [-0.3, -0.25) is 0 Å². The van der Waals surface area contributed by atoms with Crippen molar-refractivity contribution in [3.8, 4) is 5.69 Å². The lowest BCUT2D eigenvalue weighted by Crippen LogP contribution is -2.12. The number of para-hydroxylation sites is 1. The smallest absolute Gasteiger partial charge is 0.0682 e. The topological polar surface area (TPSA) is 17.8 Å². The zero-order valence-electron chi connectivity index (χ0n) is 10.4. The van der Waals surface area contributed by atoms with Gasteiger partial charge in [0, 0.05) is 11.6 Å². The van der Waals surface area contributed by atoms with Crippen molar-refractivity contribution in [2.75, 3.05) is 0 Å². The Kier molecular flexibility index (Phi) is 2.58. The van der Waals surface area contributed by atoms with E-state index in [0.29, 0.717) is 0 Å². The monoisotopic (exact) mass is 214 g/mol. The van der Waals surface area contributed by atoms with E-state index in [4.69, 9.17) is 0 Å². The summed E-state index contributed by atoms with van der Waals surface area (Å²) in [6.45, 7) is 8.64. The van der Waals surface area contributed by atoms with Crippen molar-refractivity contribution in [3.05, 3.63) is 47.8 Å². The van der Waals surface area contributed by atoms with Gasteiger partial charge in [0.2, 0.25) is 0 Å². The average Bonchev–Trinajstić information content (AvgIpc) is 2.66. The molecular weight excluding hydrogens is 196 g/mol. The summed E-state index contributed by atoms with van der Waals surface area (Å²) in [7, 11) is 0. The molecule has 84 valence electrons. The molecule has 0 aliphatic heterocycles. The minimum atomic E-state index is 0.105. The largest absolute Gasteiger partial charge is 0.240 e.